The Hall–Kier alpha value is -0.940. The molecule has 0 fully saturated rings. The molecule has 0 bridgehead atoms. The zero-order chi connectivity index (χ0) is 12.5. The fourth-order valence-corrected chi connectivity index (χ4v) is 2.08. The Morgan fingerprint density at radius 3 is 2.82 bits per heavy atom. The van der Waals surface area contributed by atoms with Crippen molar-refractivity contribution >= 4 is 11.6 Å². The molecule has 2 nitrogen and oxygen atoms in total. The van der Waals surface area contributed by atoms with Gasteiger partial charge in [-0.25, -0.2) is 0 Å². The van der Waals surface area contributed by atoms with Gasteiger partial charge in [0.1, 0.15) is 5.75 Å². The summed E-state index contributed by atoms with van der Waals surface area (Å²) in [7, 11) is 0. The summed E-state index contributed by atoms with van der Waals surface area (Å²) in [5.74, 6) is 0.670. The van der Waals surface area contributed by atoms with Crippen LogP contribution in [0.4, 0.5) is 13.2 Å². The van der Waals surface area contributed by atoms with Crippen LogP contribution < -0.4 is 10.1 Å². The minimum absolute atomic E-state index is 0.0996. The van der Waals surface area contributed by atoms with Crippen LogP contribution in [-0.4, -0.2) is 19.3 Å². The van der Waals surface area contributed by atoms with Gasteiger partial charge in [-0.2, -0.15) is 13.2 Å². The van der Waals surface area contributed by atoms with Gasteiger partial charge in [-0.3, -0.25) is 0 Å². The minimum Gasteiger partial charge on any atom is -0.493 e. The van der Waals surface area contributed by atoms with Crippen LogP contribution in [-0.2, 0) is 13.0 Å². The fourth-order valence-electron chi connectivity index (χ4n) is 1.82. The zero-order valence-electron chi connectivity index (χ0n) is 8.90. The highest BCUT2D eigenvalue weighted by molar-refractivity contribution is 6.30. The number of fused-ring (bicyclic) bond motifs is 1. The lowest BCUT2D eigenvalue weighted by Crippen LogP contribution is -2.28. The quantitative estimate of drug-likeness (QED) is 0.907. The predicted octanol–water partition coefficient (Wildman–Crippen LogP) is 2.93. The first-order chi connectivity index (χ1) is 7.96. The summed E-state index contributed by atoms with van der Waals surface area (Å²) >= 11 is 5.89. The minimum atomic E-state index is -4.21. The highest BCUT2D eigenvalue weighted by Crippen LogP contribution is 2.32. The molecule has 17 heavy (non-hydrogen) atoms. The van der Waals surface area contributed by atoms with Gasteiger partial charge in [-0.15, -0.1) is 0 Å². The Morgan fingerprint density at radius 1 is 1.35 bits per heavy atom. The van der Waals surface area contributed by atoms with Gasteiger partial charge < -0.3 is 10.1 Å². The van der Waals surface area contributed by atoms with Gasteiger partial charge in [-0.1, -0.05) is 11.6 Å². The topological polar surface area (TPSA) is 21.3 Å². The molecule has 0 spiro atoms. The highest BCUT2D eigenvalue weighted by Gasteiger charge is 2.26. The Kier molecular flexibility index (Phi) is 3.49. The second-order valence-corrected chi connectivity index (χ2v) is 4.31. The zero-order valence-corrected chi connectivity index (χ0v) is 9.66. The smallest absolute Gasteiger partial charge is 0.401 e. The average Bonchev–Trinajstić information content (AvgIpc) is 2.63. The Morgan fingerprint density at radius 2 is 2.12 bits per heavy atom. The van der Waals surface area contributed by atoms with E-state index < -0.39 is 12.7 Å². The van der Waals surface area contributed by atoms with Crippen LogP contribution in [0.1, 0.15) is 11.1 Å². The molecule has 94 valence electrons. The van der Waals surface area contributed by atoms with E-state index in [-0.39, 0.29) is 6.54 Å². The van der Waals surface area contributed by atoms with E-state index in [1.807, 2.05) is 0 Å². The molecular weight excluding hydrogens is 255 g/mol. The number of nitrogens with one attached hydrogen (secondary N) is 1. The van der Waals surface area contributed by atoms with Gasteiger partial charge in [0.2, 0.25) is 0 Å². The Bertz CT molecular complexity index is 420. The fraction of sp³-hybridized carbons (Fsp3) is 0.455. The van der Waals surface area contributed by atoms with Crippen molar-refractivity contribution < 1.29 is 17.9 Å². The largest absolute Gasteiger partial charge is 0.493 e. The SMILES string of the molecule is FC(F)(F)CNCc1cc(Cl)cc2c1OCC2. The lowest BCUT2D eigenvalue weighted by atomic mass is 10.1. The van der Waals surface area contributed by atoms with Gasteiger partial charge in [0, 0.05) is 23.6 Å². The molecular formula is C11H11ClF3NO. The van der Waals surface area contributed by atoms with Crippen molar-refractivity contribution in [1.29, 1.82) is 0 Å². The molecule has 0 saturated heterocycles. The molecule has 1 aliphatic heterocycles. The summed E-state index contributed by atoms with van der Waals surface area (Å²) < 4.78 is 41.4. The second-order valence-electron chi connectivity index (χ2n) is 3.87. The molecule has 0 radical (unpaired) electrons. The first-order valence-electron chi connectivity index (χ1n) is 5.17. The summed E-state index contributed by atoms with van der Waals surface area (Å²) in [5.41, 5.74) is 1.63. The van der Waals surface area contributed by atoms with Crippen molar-refractivity contribution in [3.05, 3.63) is 28.3 Å². The number of alkyl halides is 3. The first kappa shape index (κ1) is 12.5. The van der Waals surface area contributed by atoms with Crippen molar-refractivity contribution in [3.63, 3.8) is 0 Å². The van der Waals surface area contributed by atoms with Crippen molar-refractivity contribution in [1.82, 2.24) is 5.32 Å². The third-order valence-corrected chi connectivity index (χ3v) is 2.68. The molecule has 1 aliphatic rings. The molecule has 1 heterocycles. The van der Waals surface area contributed by atoms with E-state index in [1.54, 1.807) is 12.1 Å². The van der Waals surface area contributed by atoms with Gasteiger partial charge in [0.25, 0.3) is 0 Å². The molecule has 1 N–H and O–H groups in total. The van der Waals surface area contributed by atoms with Crippen LogP contribution >= 0.6 is 11.6 Å². The molecule has 0 saturated carbocycles. The molecule has 0 unspecified atom stereocenters. The van der Waals surface area contributed by atoms with Crippen LogP contribution in [0.2, 0.25) is 5.02 Å². The molecule has 2 rings (SSSR count). The number of halogens is 4. The number of hydrogen-bond acceptors (Lipinski definition) is 2. The van der Waals surface area contributed by atoms with E-state index in [0.29, 0.717) is 22.9 Å². The maximum absolute atomic E-state index is 12.0. The predicted molar refractivity (Wildman–Crippen MR) is 58.4 cm³/mol. The van der Waals surface area contributed by atoms with Crippen LogP contribution in [0.5, 0.6) is 5.75 Å². The standard InChI is InChI=1S/C11H11ClF3NO/c12-9-3-7-1-2-17-10(7)8(4-9)5-16-6-11(13,14)15/h3-4,16H,1-2,5-6H2. The number of benzene rings is 1. The normalized spacial score (nSPS) is 14.6. The first-order valence-corrected chi connectivity index (χ1v) is 5.55. The van der Waals surface area contributed by atoms with Crippen LogP contribution in [0.3, 0.4) is 0 Å². The summed E-state index contributed by atoms with van der Waals surface area (Å²) in [6, 6.07) is 3.42. The van der Waals surface area contributed by atoms with E-state index >= 15 is 0 Å². The monoisotopic (exact) mass is 265 g/mol. The molecule has 1 aromatic rings. The van der Waals surface area contributed by atoms with Crippen molar-refractivity contribution in [2.45, 2.75) is 19.1 Å². The molecule has 6 heteroatoms. The van der Waals surface area contributed by atoms with E-state index in [1.165, 1.54) is 0 Å². The molecule has 0 aliphatic carbocycles. The average molecular weight is 266 g/mol. The van der Waals surface area contributed by atoms with Crippen LogP contribution in [0.15, 0.2) is 12.1 Å². The summed E-state index contributed by atoms with van der Waals surface area (Å²) in [6.45, 7) is -0.362. The van der Waals surface area contributed by atoms with Crippen molar-refractivity contribution in [3.8, 4) is 5.75 Å². The molecule has 0 amide bonds. The second kappa shape index (κ2) is 4.74. The van der Waals surface area contributed by atoms with Gasteiger partial charge in [-0.05, 0) is 17.7 Å². The lowest BCUT2D eigenvalue weighted by molar-refractivity contribution is -0.125. The van der Waals surface area contributed by atoms with Gasteiger partial charge >= 0.3 is 6.18 Å². The molecule has 1 aromatic carbocycles. The Labute approximate surface area is 102 Å². The van der Waals surface area contributed by atoms with Crippen molar-refractivity contribution in [2.75, 3.05) is 13.2 Å². The van der Waals surface area contributed by atoms with Crippen LogP contribution in [0.25, 0.3) is 0 Å². The van der Waals surface area contributed by atoms with Crippen LogP contribution in [0, 0.1) is 0 Å². The third kappa shape index (κ3) is 3.26. The maximum atomic E-state index is 12.0. The van der Waals surface area contributed by atoms with Gasteiger partial charge in [0.15, 0.2) is 0 Å². The van der Waals surface area contributed by atoms with Crippen molar-refractivity contribution in [2.24, 2.45) is 0 Å². The summed E-state index contributed by atoms with van der Waals surface area (Å²) in [4.78, 5) is 0. The van der Waals surface area contributed by atoms with Gasteiger partial charge in [0.05, 0.1) is 13.2 Å². The number of hydrogen-bond donors (Lipinski definition) is 1. The van der Waals surface area contributed by atoms with E-state index in [9.17, 15) is 13.2 Å². The third-order valence-electron chi connectivity index (χ3n) is 2.47. The number of rotatable bonds is 3. The van der Waals surface area contributed by atoms with E-state index in [0.717, 1.165) is 12.0 Å². The molecule has 0 atom stereocenters. The maximum Gasteiger partial charge on any atom is 0.401 e. The number of ether oxygens (including phenoxy) is 1. The van der Waals surface area contributed by atoms with E-state index in [2.05, 4.69) is 5.32 Å². The lowest BCUT2D eigenvalue weighted by Gasteiger charge is -2.11. The molecule has 0 aromatic heterocycles. The summed E-state index contributed by atoms with van der Waals surface area (Å²) in [6.07, 6.45) is -3.45. The van der Waals surface area contributed by atoms with E-state index in [4.69, 9.17) is 16.3 Å². The summed E-state index contributed by atoms with van der Waals surface area (Å²) in [5, 5.41) is 2.86. The Balaban J connectivity index is 2.06. The highest BCUT2D eigenvalue weighted by atomic mass is 35.5.